The van der Waals surface area contributed by atoms with E-state index in [0.29, 0.717) is 5.69 Å². The first-order valence-electron chi connectivity index (χ1n) is 13.7. The smallest absolute Gasteiger partial charge is 0.271 e. The zero-order chi connectivity index (χ0) is 29.5. The van der Waals surface area contributed by atoms with E-state index in [-0.39, 0.29) is 43.2 Å². The van der Waals surface area contributed by atoms with Gasteiger partial charge in [0.1, 0.15) is 5.69 Å². The van der Waals surface area contributed by atoms with E-state index in [0.717, 1.165) is 27.6 Å². The number of para-hydroxylation sites is 1. The van der Waals surface area contributed by atoms with Crippen LogP contribution in [-0.2, 0) is 35.5 Å². The molecule has 1 aliphatic rings. The fourth-order valence-corrected chi connectivity index (χ4v) is 6.70. The number of ether oxygens (including phenoxy) is 1. The molecule has 4 aromatic rings. The average molecular weight is 580 g/mol. The number of benzene rings is 2. The van der Waals surface area contributed by atoms with E-state index in [2.05, 4.69) is 4.98 Å². The van der Waals surface area contributed by atoms with E-state index >= 15 is 0 Å². The molecule has 1 amide bonds. The van der Waals surface area contributed by atoms with Crippen molar-refractivity contribution in [3.8, 4) is 11.1 Å². The summed E-state index contributed by atoms with van der Waals surface area (Å²) in [5, 5.41) is 11.1. The number of carbonyl (C=O) groups excluding carboxylic acids is 1. The maximum absolute atomic E-state index is 14.4. The highest BCUT2D eigenvalue weighted by molar-refractivity contribution is 7.89. The van der Waals surface area contributed by atoms with Crippen LogP contribution in [0.2, 0.25) is 0 Å². The van der Waals surface area contributed by atoms with Crippen molar-refractivity contribution in [1.29, 1.82) is 0 Å². The van der Waals surface area contributed by atoms with Crippen molar-refractivity contribution in [3.63, 3.8) is 0 Å². The molecule has 218 valence electrons. The van der Waals surface area contributed by atoms with Gasteiger partial charge in [-0.15, -0.1) is 0 Å². The zero-order valence-corrected chi connectivity index (χ0v) is 24.9. The SMILES string of the molecule is C[C@H]1CN([C@@H](C)CO)C(=O)c2c(c3ccccc3n2C)-c2ccccc2CO[C@@H]1CN(C)S(=O)(=O)c1cn(C)cn1. The van der Waals surface area contributed by atoms with Gasteiger partial charge in [0, 0.05) is 62.8 Å². The number of aliphatic hydroxyl groups is 1. The molecule has 3 heterocycles. The minimum Gasteiger partial charge on any atom is -0.394 e. The van der Waals surface area contributed by atoms with Crippen LogP contribution in [0.3, 0.4) is 0 Å². The number of fused-ring (bicyclic) bond motifs is 5. The van der Waals surface area contributed by atoms with Gasteiger partial charge in [0.05, 0.1) is 31.7 Å². The highest BCUT2D eigenvalue weighted by Gasteiger charge is 2.35. The molecule has 3 atom stereocenters. The van der Waals surface area contributed by atoms with Crippen molar-refractivity contribution in [2.45, 2.75) is 37.6 Å². The van der Waals surface area contributed by atoms with Gasteiger partial charge in [-0.25, -0.2) is 13.4 Å². The third-order valence-corrected chi connectivity index (χ3v) is 9.73. The Morgan fingerprint density at radius 1 is 1.15 bits per heavy atom. The van der Waals surface area contributed by atoms with E-state index in [4.69, 9.17) is 4.74 Å². The maximum Gasteiger partial charge on any atom is 0.271 e. The van der Waals surface area contributed by atoms with Gasteiger partial charge in [0.15, 0.2) is 5.03 Å². The van der Waals surface area contributed by atoms with Gasteiger partial charge in [-0.05, 0) is 24.1 Å². The van der Waals surface area contributed by atoms with E-state index < -0.39 is 22.2 Å². The van der Waals surface area contributed by atoms with Crippen LogP contribution in [0.15, 0.2) is 66.1 Å². The van der Waals surface area contributed by atoms with Crippen LogP contribution < -0.4 is 0 Å². The predicted molar refractivity (Wildman–Crippen MR) is 157 cm³/mol. The summed E-state index contributed by atoms with van der Waals surface area (Å²) in [5.74, 6) is -0.463. The molecule has 10 nitrogen and oxygen atoms in total. The highest BCUT2D eigenvalue weighted by atomic mass is 32.2. The van der Waals surface area contributed by atoms with E-state index in [9.17, 15) is 18.3 Å². The standard InChI is InChI=1S/C30H37N5O5S/c1-20-14-35(21(2)17-36)30(37)29-28(24-12-8-9-13-25(24)34(29)5)23-11-7-6-10-22(23)18-40-26(20)15-33(4)41(38,39)27-16-32(3)19-31-27/h6-13,16,19-21,26,36H,14-15,17-18H2,1-5H3/t20-,21-,26+/m0/s1. The summed E-state index contributed by atoms with van der Waals surface area (Å²) in [5.41, 5.74) is 4.08. The summed E-state index contributed by atoms with van der Waals surface area (Å²) in [7, 11) is 1.26. The van der Waals surface area contributed by atoms with Crippen molar-refractivity contribution >= 4 is 26.8 Å². The van der Waals surface area contributed by atoms with E-state index in [1.807, 2.05) is 74.0 Å². The second-order valence-electron chi connectivity index (χ2n) is 10.9. The highest BCUT2D eigenvalue weighted by Crippen LogP contribution is 2.38. The molecule has 0 radical (unpaired) electrons. The Bertz CT molecular complexity index is 1680. The quantitative estimate of drug-likeness (QED) is 0.376. The van der Waals surface area contributed by atoms with Crippen molar-refractivity contribution in [3.05, 3.63) is 72.3 Å². The first-order valence-corrected chi connectivity index (χ1v) is 15.1. The summed E-state index contributed by atoms with van der Waals surface area (Å²) in [4.78, 5) is 20.1. The van der Waals surface area contributed by atoms with Gasteiger partial charge < -0.3 is 23.9 Å². The number of imidazole rings is 1. The summed E-state index contributed by atoms with van der Waals surface area (Å²) in [6.45, 7) is 4.10. The third-order valence-electron chi connectivity index (χ3n) is 8.02. The zero-order valence-electron chi connectivity index (χ0n) is 24.1. The Morgan fingerprint density at radius 3 is 2.56 bits per heavy atom. The van der Waals surface area contributed by atoms with E-state index in [1.54, 1.807) is 16.5 Å². The molecule has 0 unspecified atom stereocenters. The van der Waals surface area contributed by atoms with Gasteiger partial charge in [0.2, 0.25) is 0 Å². The second-order valence-corrected chi connectivity index (χ2v) is 12.9. The Balaban J connectivity index is 1.61. The van der Waals surface area contributed by atoms with Gasteiger partial charge in [-0.3, -0.25) is 4.79 Å². The number of nitrogens with zero attached hydrogens (tertiary/aromatic N) is 5. The van der Waals surface area contributed by atoms with Gasteiger partial charge in [0.25, 0.3) is 15.9 Å². The van der Waals surface area contributed by atoms with Crippen LogP contribution in [0.4, 0.5) is 0 Å². The van der Waals surface area contributed by atoms with Gasteiger partial charge in [-0.2, -0.15) is 4.31 Å². The Hall–Kier alpha value is -3.51. The number of hydrogen-bond donors (Lipinski definition) is 1. The lowest BCUT2D eigenvalue weighted by Gasteiger charge is -2.34. The monoisotopic (exact) mass is 579 g/mol. The lowest BCUT2D eigenvalue weighted by atomic mass is 9.96. The molecule has 0 bridgehead atoms. The molecule has 2 aromatic carbocycles. The minimum absolute atomic E-state index is 0.0369. The molecule has 0 saturated heterocycles. The number of amides is 1. The number of rotatable bonds is 6. The number of aliphatic hydroxyl groups excluding tert-OH is 1. The number of aryl methyl sites for hydroxylation is 2. The van der Waals surface area contributed by atoms with Crippen LogP contribution in [0.1, 0.15) is 29.9 Å². The maximum atomic E-state index is 14.4. The lowest BCUT2D eigenvalue weighted by Crippen LogP contribution is -2.48. The predicted octanol–water partition coefficient (Wildman–Crippen LogP) is 3.26. The molecule has 0 spiro atoms. The molecular formula is C30H37N5O5S. The molecule has 2 aromatic heterocycles. The van der Waals surface area contributed by atoms with Crippen LogP contribution in [0.25, 0.3) is 22.0 Å². The summed E-state index contributed by atoms with van der Waals surface area (Å²) < 4.78 is 37.9. The molecule has 11 heteroatoms. The van der Waals surface area contributed by atoms with Gasteiger partial charge >= 0.3 is 0 Å². The lowest BCUT2D eigenvalue weighted by molar-refractivity contribution is -0.0147. The number of aromatic nitrogens is 3. The second kappa shape index (κ2) is 11.4. The van der Waals surface area contributed by atoms with Crippen LogP contribution in [0, 0.1) is 5.92 Å². The first kappa shape index (κ1) is 29.0. The van der Waals surface area contributed by atoms with Crippen molar-refractivity contribution in [2.24, 2.45) is 20.0 Å². The molecule has 1 N–H and O–H groups in total. The largest absolute Gasteiger partial charge is 0.394 e. The molecule has 0 fully saturated rings. The van der Waals surface area contributed by atoms with Crippen molar-refractivity contribution in [1.82, 2.24) is 23.3 Å². The van der Waals surface area contributed by atoms with Crippen molar-refractivity contribution in [2.75, 3.05) is 26.7 Å². The van der Waals surface area contributed by atoms with Crippen molar-refractivity contribution < 1.29 is 23.1 Å². The first-order chi connectivity index (χ1) is 19.5. The summed E-state index contributed by atoms with van der Waals surface area (Å²) in [6, 6.07) is 15.3. The Morgan fingerprint density at radius 2 is 1.85 bits per heavy atom. The average Bonchev–Trinajstić information content (AvgIpc) is 3.53. The van der Waals surface area contributed by atoms with Gasteiger partial charge in [-0.1, -0.05) is 49.4 Å². The molecule has 1 aliphatic heterocycles. The molecule has 41 heavy (non-hydrogen) atoms. The number of carbonyl (C=O) groups is 1. The molecular weight excluding hydrogens is 542 g/mol. The number of hydrogen-bond acceptors (Lipinski definition) is 6. The van der Waals surface area contributed by atoms with E-state index in [1.165, 1.54) is 23.9 Å². The van der Waals surface area contributed by atoms with Crippen LogP contribution in [0.5, 0.6) is 0 Å². The topological polar surface area (TPSA) is 110 Å². The Kier molecular flexibility index (Phi) is 8.06. The summed E-state index contributed by atoms with van der Waals surface area (Å²) >= 11 is 0. The summed E-state index contributed by atoms with van der Waals surface area (Å²) in [6.07, 6.45) is 2.37. The fraction of sp³-hybridized carbons (Fsp3) is 0.400. The number of likely N-dealkylation sites (N-methyl/N-ethyl adjacent to an activating group) is 1. The third kappa shape index (κ3) is 5.30. The molecule has 0 aliphatic carbocycles. The number of sulfonamides is 1. The minimum atomic E-state index is -3.86. The molecule has 5 rings (SSSR count). The normalized spacial score (nSPS) is 19.2. The van der Waals surface area contributed by atoms with Crippen LogP contribution >= 0.6 is 0 Å². The fourth-order valence-electron chi connectivity index (χ4n) is 5.56. The van der Waals surface area contributed by atoms with Crippen LogP contribution in [-0.4, -0.2) is 81.6 Å². The molecule has 0 saturated carbocycles. The Labute approximate surface area is 240 Å².